The van der Waals surface area contributed by atoms with Crippen molar-refractivity contribution in [2.75, 3.05) is 19.9 Å². The minimum atomic E-state index is -3.73. The zero-order valence-corrected chi connectivity index (χ0v) is 13.1. The van der Waals surface area contributed by atoms with Gasteiger partial charge in [0, 0.05) is 13.1 Å². The SMILES string of the molecule is COc1ccc(S(=O)(=O)N(C)C2CCCCC2O)c(N)c1. The van der Waals surface area contributed by atoms with Crippen LogP contribution in [0.15, 0.2) is 23.1 Å². The zero-order chi connectivity index (χ0) is 15.6. The number of benzene rings is 1. The summed E-state index contributed by atoms with van der Waals surface area (Å²) in [7, 11) is -0.743. The molecule has 1 fully saturated rings. The highest BCUT2D eigenvalue weighted by Crippen LogP contribution is 2.30. The molecule has 1 aliphatic carbocycles. The maximum atomic E-state index is 12.7. The average molecular weight is 314 g/mol. The normalized spacial score (nSPS) is 23.2. The molecule has 6 nitrogen and oxygen atoms in total. The maximum absolute atomic E-state index is 12.7. The lowest BCUT2D eigenvalue weighted by atomic mass is 9.93. The molecule has 0 aliphatic heterocycles. The first-order valence-corrected chi connectivity index (χ1v) is 8.41. The van der Waals surface area contributed by atoms with Crippen LogP contribution in [0.1, 0.15) is 25.7 Å². The lowest BCUT2D eigenvalue weighted by Crippen LogP contribution is -2.46. The van der Waals surface area contributed by atoms with E-state index in [0.717, 1.165) is 12.8 Å². The molecule has 118 valence electrons. The second kappa shape index (κ2) is 6.21. The summed E-state index contributed by atoms with van der Waals surface area (Å²) in [6.07, 6.45) is 2.50. The molecule has 1 aromatic carbocycles. The van der Waals surface area contributed by atoms with Gasteiger partial charge in [0.2, 0.25) is 10.0 Å². The third-order valence-electron chi connectivity index (χ3n) is 4.03. The second-order valence-electron chi connectivity index (χ2n) is 5.34. The van der Waals surface area contributed by atoms with Gasteiger partial charge in [0.15, 0.2) is 0 Å². The summed E-state index contributed by atoms with van der Waals surface area (Å²) in [6.45, 7) is 0. The van der Waals surface area contributed by atoms with Crippen molar-refractivity contribution in [2.24, 2.45) is 0 Å². The van der Waals surface area contributed by atoms with Gasteiger partial charge in [-0.15, -0.1) is 0 Å². The van der Waals surface area contributed by atoms with Gasteiger partial charge < -0.3 is 15.6 Å². The zero-order valence-electron chi connectivity index (χ0n) is 12.3. The monoisotopic (exact) mass is 314 g/mol. The van der Waals surface area contributed by atoms with Crippen LogP contribution in [0, 0.1) is 0 Å². The van der Waals surface area contributed by atoms with Gasteiger partial charge in [-0.2, -0.15) is 4.31 Å². The van der Waals surface area contributed by atoms with Crippen LogP contribution < -0.4 is 10.5 Å². The maximum Gasteiger partial charge on any atom is 0.245 e. The summed E-state index contributed by atoms with van der Waals surface area (Å²) in [5, 5.41) is 10.0. The number of nitrogen functional groups attached to an aromatic ring is 1. The van der Waals surface area contributed by atoms with E-state index in [4.69, 9.17) is 10.5 Å². The van der Waals surface area contributed by atoms with Gasteiger partial charge in [-0.05, 0) is 25.0 Å². The molecule has 0 spiro atoms. The van der Waals surface area contributed by atoms with Gasteiger partial charge in [0.1, 0.15) is 10.6 Å². The molecule has 1 aliphatic rings. The second-order valence-corrected chi connectivity index (χ2v) is 7.31. The first kappa shape index (κ1) is 16.1. The van der Waals surface area contributed by atoms with Crippen LogP contribution in [0.4, 0.5) is 5.69 Å². The third-order valence-corrected chi connectivity index (χ3v) is 5.99. The van der Waals surface area contributed by atoms with E-state index in [-0.39, 0.29) is 10.6 Å². The number of aliphatic hydroxyl groups is 1. The van der Waals surface area contributed by atoms with Gasteiger partial charge in [0.25, 0.3) is 0 Å². The summed E-state index contributed by atoms with van der Waals surface area (Å²) in [5.41, 5.74) is 5.98. The molecule has 0 bridgehead atoms. The van der Waals surface area contributed by atoms with Crippen molar-refractivity contribution >= 4 is 15.7 Å². The van der Waals surface area contributed by atoms with Crippen molar-refractivity contribution in [3.05, 3.63) is 18.2 Å². The Balaban J connectivity index is 2.32. The molecule has 2 atom stereocenters. The fourth-order valence-corrected chi connectivity index (χ4v) is 4.25. The predicted octanol–water partition coefficient (Wildman–Crippen LogP) is 1.20. The van der Waals surface area contributed by atoms with Crippen LogP contribution >= 0.6 is 0 Å². The van der Waals surface area contributed by atoms with Gasteiger partial charge >= 0.3 is 0 Å². The average Bonchev–Trinajstić information content (AvgIpc) is 2.46. The number of anilines is 1. The van der Waals surface area contributed by atoms with E-state index in [9.17, 15) is 13.5 Å². The Morgan fingerprint density at radius 3 is 2.57 bits per heavy atom. The lowest BCUT2D eigenvalue weighted by molar-refractivity contribution is 0.0638. The van der Waals surface area contributed by atoms with Crippen molar-refractivity contribution < 1.29 is 18.3 Å². The number of methoxy groups -OCH3 is 1. The first-order valence-electron chi connectivity index (χ1n) is 6.97. The van der Waals surface area contributed by atoms with Crippen molar-refractivity contribution in [2.45, 2.75) is 42.7 Å². The van der Waals surface area contributed by atoms with E-state index in [1.54, 1.807) is 6.07 Å². The van der Waals surface area contributed by atoms with Crippen LogP contribution in [0.25, 0.3) is 0 Å². The first-order chi connectivity index (χ1) is 9.87. The summed E-state index contributed by atoms with van der Waals surface area (Å²) in [5.74, 6) is 0.506. The Hall–Kier alpha value is -1.31. The van der Waals surface area contributed by atoms with Crippen molar-refractivity contribution in [1.29, 1.82) is 0 Å². The van der Waals surface area contributed by atoms with E-state index in [2.05, 4.69) is 0 Å². The molecule has 0 saturated heterocycles. The highest BCUT2D eigenvalue weighted by molar-refractivity contribution is 7.89. The highest BCUT2D eigenvalue weighted by Gasteiger charge is 2.35. The number of rotatable bonds is 4. The molecule has 1 saturated carbocycles. The molecular formula is C14H22N2O4S. The molecule has 3 N–H and O–H groups in total. The molecule has 2 unspecified atom stereocenters. The highest BCUT2D eigenvalue weighted by atomic mass is 32.2. The molecule has 1 aromatic rings. The number of sulfonamides is 1. The third kappa shape index (κ3) is 3.14. The molecule has 21 heavy (non-hydrogen) atoms. The minimum absolute atomic E-state index is 0.0450. The molecule has 7 heteroatoms. The molecular weight excluding hydrogens is 292 g/mol. The number of nitrogens with zero attached hydrogens (tertiary/aromatic N) is 1. The Morgan fingerprint density at radius 2 is 2.00 bits per heavy atom. The molecule has 0 radical (unpaired) electrons. The van der Waals surface area contributed by atoms with Gasteiger partial charge in [-0.1, -0.05) is 12.8 Å². The van der Waals surface area contributed by atoms with Crippen LogP contribution in [-0.4, -0.2) is 44.1 Å². The molecule has 0 aromatic heterocycles. The topological polar surface area (TPSA) is 92.9 Å². The number of ether oxygens (including phenoxy) is 1. The summed E-state index contributed by atoms with van der Waals surface area (Å²) < 4.78 is 31.7. The Kier molecular flexibility index (Phi) is 4.75. The van der Waals surface area contributed by atoms with Crippen LogP contribution in [0.2, 0.25) is 0 Å². The van der Waals surface area contributed by atoms with E-state index in [1.165, 1.54) is 30.6 Å². The number of hydrogen-bond acceptors (Lipinski definition) is 5. The summed E-state index contributed by atoms with van der Waals surface area (Å²) >= 11 is 0. The van der Waals surface area contributed by atoms with Gasteiger partial charge in [0.05, 0.1) is 24.9 Å². The number of nitrogens with two attached hydrogens (primary N) is 1. The standard InChI is InChI=1S/C14H22N2O4S/c1-16(12-5-3-4-6-13(12)17)21(18,19)14-8-7-10(20-2)9-11(14)15/h7-9,12-13,17H,3-6,15H2,1-2H3. The molecule has 2 rings (SSSR count). The van der Waals surface area contributed by atoms with E-state index < -0.39 is 22.2 Å². The minimum Gasteiger partial charge on any atom is -0.497 e. The van der Waals surface area contributed by atoms with Crippen LogP contribution in [-0.2, 0) is 10.0 Å². The largest absolute Gasteiger partial charge is 0.497 e. The van der Waals surface area contributed by atoms with E-state index >= 15 is 0 Å². The predicted molar refractivity (Wildman–Crippen MR) is 80.6 cm³/mol. The summed E-state index contributed by atoms with van der Waals surface area (Å²) in [4.78, 5) is 0.0450. The number of likely N-dealkylation sites (N-methyl/N-ethyl adjacent to an activating group) is 1. The van der Waals surface area contributed by atoms with Gasteiger partial charge in [-0.3, -0.25) is 0 Å². The lowest BCUT2D eigenvalue weighted by Gasteiger charge is -2.34. The number of hydrogen-bond donors (Lipinski definition) is 2. The van der Waals surface area contributed by atoms with Crippen molar-refractivity contribution in [1.82, 2.24) is 4.31 Å². The molecule has 0 amide bonds. The van der Waals surface area contributed by atoms with Crippen molar-refractivity contribution in [3.63, 3.8) is 0 Å². The van der Waals surface area contributed by atoms with E-state index in [0.29, 0.717) is 18.6 Å². The van der Waals surface area contributed by atoms with Crippen LogP contribution in [0.5, 0.6) is 5.75 Å². The summed E-state index contributed by atoms with van der Waals surface area (Å²) in [6, 6.07) is 4.09. The van der Waals surface area contributed by atoms with Crippen molar-refractivity contribution in [3.8, 4) is 5.75 Å². The van der Waals surface area contributed by atoms with Crippen LogP contribution in [0.3, 0.4) is 0 Å². The quantitative estimate of drug-likeness (QED) is 0.815. The Labute approximate surface area is 125 Å². The number of aliphatic hydroxyl groups excluding tert-OH is 1. The van der Waals surface area contributed by atoms with Gasteiger partial charge in [-0.25, -0.2) is 8.42 Å². The fourth-order valence-electron chi connectivity index (χ4n) is 2.74. The fraction of sp³-hybridized carbons (Fsp3) is 0.571. The molecule has 0 heterocycles. The smallest absolute Gasteiger partial charge is 0.245 e. The Bertz CT molecular complexity index is 603. The van der Waals surface area contributed by atoms with E-state index in [1.807, 2.05) is 0 Å². The Morgan fingerprint density at radius 1 is 1.33 bits per heavy atom.